The fourth-order valence-corrected chi connectivity index (χ4v) is 2.22. The number of nitrogens with one attached hydrogen (secondary N) is 1. The maximum absolute atomic E-state index is 12.0. The highest BCUT2D eigenvalue weighted by Gasteiger charge is 2.33. The molecule has 1 fully saturated rings. The molecule has 6 heteroatoms. The fourth-order valence-electron chi connectivity index (χ4n) is 2.11. The molecule has 0 aromatic carbocycles. The highest BCUT2D eigenvalue weighted by atomic mass is 35.5. The van der Waals surface area contributed by atoms with Crippen molar-refractivity contribution in [2.75, 3.05) is 18.4 Å². The van der Waals surface area contributed by atoms with E-state index in [1.54, 1.807) is 17.0 Å². The van der Waals surface area contributed by atoms with Crippen molar-refractivity contribution in [3.05, 3.63) is 23.4 Å². The van der Waals surface area contributed by atoms with E-state index in [0.717, 1.165) is 6.42 Å². The summed E-state index contributed by atoms with van der Waals surface area (Å²) in [7, 11) is 0. The van der Waals surface area contributed by atoms with E-state index in [1.165, 1.54) is 6.20 Å². The zero-order valence-corrected chi connectivity index (χ0v) is 11.5. The van der Waals surface area contributed by atoms with Gasteiger partial charge in [-0.15, -0.1) is 0 Å². The van der Waals surface area contributed by atoms with Crippen LogP contribution in [0.4, 0.5) is 5.82 Å². The van der Waals surface area contributed by atoms with Crippen molar-refractivity contribution < 1.29 is 9.59 Å². The second-order valence-electron chi connectivity index (χ2n) is 4.59. The van der Waals surface area contributed by atoms with Gasteiger partial charge in [-0.05, 0) is 18.6 Å². The van der Waals surface area contributed by atoms with Crippen molar-refractivity contribution in [3.63, 3.8) is 0 Å². The largest absolute Gasteiger partial charge is 0.342 e. The van der Waals surface area contributed by atoms with E-state index in [4.69, 9.17) is 11.6 Å². The Labute approximate surface area is 117 Å². The first-order valence-corrected chi connectivity index (χ1v) is 6.68. The van der Waals surface area contributed by atoms with Crippen LogP contribution >= 0.6 is 11.6 Å². The normalized spacial score (nSPS) is 18.7. The molecule has 1 aliphatic heterocycles. The summed E-state index contributed by atoms with van der Waals surface area (Å²) in [6.45, 7) is 3.21. The van der Waals surface area contributed by atoms with Crippen molar-refractivity contribution in [2.45, 2.75) is 19.8 Å². The molecule has 0 aliphatic carbocycles. The molecule has 102 valence electrons. The molecule has 0 radical (unpaired) electrons. The van der Waals surface area contributed by atoms with Gasteiger partial charge in [-0.2, -0.15) is 0 Å². The van der Waals surface area contributed by atoms with E-state index in [1.807, 2.05) is 6.92 Å². The Morgan fingerprint density at radius 1 is 1.58 bits per heavy atom. The van der Waals surface area contributed by atoms with E-state index in [9.17, 15) is 9.59 Å². The Balaban J connectivity index is 1.94. The van der Waals surface area contributed by atoms with Crippen LogP contribution in [0.1, 0.15) is 19.8 Å². The van der Waals surface area contributed by atoms with Gasteiger partial charge in [0.15, 0.2) is 0 Å². The molecule has 1 saturated heterocycles. The van der Waals surface area contributed by atoms with Crippen molar-refractivity contribution in [2.24, 2.45) is 5.92 Å². The maximum atomic E-state index is 12.0. The zero-order valence-electron chi connectivity index (χ0n) is 10.7. The second-order valence-corrected chi connectivity index (χ2v) is 5.03. The number of hydrogen-bond donors (Lipinski definition) is 1. The van der Waals surface area contributed by atoms with Crippen LogP contribution in [-0.4, -0.2) is 34.8 Å². The third kappa shape index (κ3) is 3.44. The molecular weight excluding hydrogens is 266 g/mol. The Hall–Kier alpha value is -1.62. The third-order valence-electron chi connectivity index (χ3n) is 3.06. The molecule has 1 unspecified atom stereocenters. The summed E-state index contributed by atoms with van der Waals surface area (Å²) < 4.78 is 0. The number of nitrogens with zero attached hydrogens (tertiary/aromatic N) is 2. The van der Waals surface area contributed by atoms with Gasteiger partial charge in [0, 0.05) is 25.7 Å². The Bertz CT molecular complexity index is 475. The molecule has 2 heterocycles. The third-order valence-corrected chi connectivity index (χ3v) is 3.28. The van der Waals surface area contributed by atoms with Gasteiger partial charge >= 0.3 is 0 Å². The van der Waals surface area contributed by atoms with Crippen LogP contribution in [0.25, 0.3) is 0 Å². The summed E-state index contributed by atoms with van der Waals surface area (Å²) >= 11 is 5.72. The van der Waals surface area contributed by atoms with Gasteiger partial charge in [0.05, 0.1) is 10.9 Å². The number of pyridine rings is 1. The lowest BCUT2D eigenvalue weighted by molar-refractivity contribution is -0.128. The highest BCUT2D eigenvalue weighted by Crippen LogP contribution is 2.20. The summed E-state index contributed by atoms with van der Waals surface area (Å²) in [5.41, 5.74) is 0. The average molecular weight is 282 g/mol. The smallest absolute Gasteiger partial charge is 0.230 e. The molecule has 2 rings (SSSR count). The molecule has 5 nitrogen and oxygen atoms in total. The first kappa shape index (κ1) is 13.8. The van der Waals surface area contributed by atoms with E-state index in [0.29, 0.717) is 23.9 Å². The number of likely N-dealkylation sites (tertiary alicyclic amines) is 1. The number of aromatic nitrogens is 1. The zero-order chi connectivity index (χ0) is 13.8. The first-order chi connectivity index (χ1) is 9.10. The minimum Gasteiger partial charge on any atom is -0.342 e. The number of hydrogen-bond acceptors (Lipinski definition) is 3. The lowest BCUT2D eigenvalue weighted by Gasteiger charge is -2.15. The quantitative estimate of drug-likeness (QED) is 0.917. The van der Waals surface area contributed by atoms with Gasteiger partial charge < -0.3 is 10.2 Å². The number of amides is 2. The Kier molecular flexibility index (Phi) is 4.37. The second kappa shape index (κ2) is 6.02. The van der Waals surface area contributed by atoms with Gasteiger partial charge in [0.25, 0.3) is 0 Å². The number of halogens is 1. The Morgan fingerprint density at radius 3 is 3.00 bits per heavy atom. The molecule has 19 heavy (non-hydrogen) atoms. The summed E-state index contributed by atoms with van der Waals surface area (Å²) in [5.74, 6) is 0.0418. The SMILES string of the molecule is CCCN1CC(C(=O)Nc2ccc(Cl)cn2)CC1=O. The summed E-state index contributed by atoms with van der Waals surface area (Å²) in [5, 5.41) is 3.22. The van der Waals surface area contributed by atoms with Gasteiger partial charge in [0.1, 0.15) is 5.82 Å². The molecule has 1 atom stereocenters. The highest BCUT2D eigenvalue weighted by molar-refractivity contribution is 6.30. The van der Waals surface area contributed by atoms with Crippen LogP contribution < -0.4 is 5.32 Å². The number of rotatable bonds is 4. The van der Waals surface area contributed by atoms with E-state index in [2.05, 4.69) is 10.3 Å². The van der Waals surface area contributed by atoms with Crippen LogP contribution in [0.15, 0.2) is 18.3 Å². The van der Waals surface area contributed by atoms with E-state index < -0.39 is 0 Å². The molecule has 1 N–H and O–H groups in total. The van der Waals surface area contributed by atoms with Gasteiger partial charge in [0.2, 0.25) is 11.8 Å². The van der Waals surface area contributed by atoms with Gasteiger partial charge in [-0.3, -0.25) is 9.59 Å². The van der Waals surface area contributed by atoms with Gasteiger partial charge in [-0.25, -0.2) is 4.98 Å². The van der Waals surface area contributed by atoms with Crippen LogP contribution in [0.2, 0.25) is 5.02 Å². The fraction of sp³-hybridized carbons (Fsp3) is 0.462. The standard InChI is InChI=1S/C13H16ClN3O2/c1-2-5-17-8-9(6-12(17)18)13(19)16-11-4-3-10(14)7-15-11/h3-4,7,9H,2,5-6,8H2,1H3,(H,15,16,19). The topological polar surface area (TPSA) is 62.3 Å². The predicted octanol–water partition coefficient (Wildman–Crippen LogP) is 1.93. The lowest BCUT2D eigenvalue weighted by atomic mass is 10.1. The van der Waals surface area contributed by atoms with Crippen molar-refractivity contribution in [3.8, 4) is 0 Å². The lowest BCUT2D eigenvalue weighted by Crippen LogP contribution is -2.29. The maximum Gasteiger partial charge on any atom is 0.230 e. The first-order valence-electron chi connectivity index (χ1n) is 6.30. The van der Waals surface area contributed by atoms with Gasteiger partial charge in [-0.1, -0.05) is 18.5 Å². The van der Waals surface area contributed by atoms with E-state index in [-0.39, 0.29) is 24.2 Å². The minimum atomic E-state index is -0.295. The molecular formula is C13H16ClN3O2. The minimum absolute atomic E-state index is 0.0473. The molecule has 0 spiro atoms. The van der Waals surface area contributed by atoms with Crippen LogP contribution in [0, 0.1) is 5.92 Å². The van der Waals surface area contributed by atoms with Crippen LogP contribution in [-0.2, 0) is 9.59 Å². The van der Waals surface area contributed by atoms with E-state index >= 15 is 0 Å². The molecule has 1 aliphatic rings. The summed E-state index contributed by atoms with van der Waals surface area (Å²) in [6.07, 6.45) is 2.65. The molecule has 1 aromatic rings. The van der Waals surface area contributed by atoms with Crippen molar-refractivity contribution >= 4 is 29.2 Å². The predicted molar refractivity (Wildman–Crippen MR) is 72.9 cm³/mol. The Morgan fingerprint density at radius 2 is 2.37 bits per heavy atom. The monoisotopic (exact) mass is 281 g/mol. The molecule has 2 amide bonds. The molecule has 0 bridgehead atoms. The van der Waals surface area contributed by atoms with Crippen LogP contribution in [0.3, 0.4) is 0 Å². The van der Waals surface area contributed by atoms with Crippen molar-refractivity contribution in [1.82, 2.24) is 9.88 Å². The molecule has 1 aromatic heterocycles. The van der Waals surface area contributed by atoms with Crippen LogP contribution in [0.5, 0.6) is 0 Å². The number of carbonyl (C=O) groups excluding carboxylic acids is 2. The number of anilines is 1. The van der Waals surface area contributed by atoms with Crippen molar-refractivity contribution in [1.29, 1.82) is 0 Å². The number of carbonyl (C=O) groups is 2. The molecule has 0 saturated carbocycles. The summed E-state index contributed by atoms with van der Waals surface area (Å²) in [6, 6.07) is 3.30. The average Bonchev–Trinajstić information content (AvgIpc) is 2.75. The summed E-state index contributed by atoms with van der Waals surface area (Å²) in [4.78, 5) is 29.5.